The molecule has 0 aliphatic heterocycles. The minimum Gasteiger partial charge on any atom is -0.480 e. The van der Waals surface area contributed by atoms with Crippen LogP contribution in [0.2, 0.25) is 0 Å². The number of aliphatic carboxylic acids is 1. The van der Waals surface area contributed by atoms with Crippen molar-refractivity contribution in [2.24, 2.45) is 0 Å². The Morgan fingerprint density at radius 3 is 2.50 bits per heavy atom. The van der Waals surface area contributed by atoms with Crippen molar-refractivity contribution in [2.75, 3.05) is 18.6 Å². The van der Waals surface area contributed by atoms with Gasteiger partial charge in [-0.1, -0.05) is 0 Å². The number of carbonyl (C=O) groups is 1. The number of nitrogen functional groups attached to an aromatic ring is 1. The fraction of sp³-hybridized carbons (Fsp3) is 0.400. The van der Waals surface area contributed by atoms with Gasteiger partial charge in [0.05, 0.1) is 19.0 Å². The molecule has 0 fully saturated rings. The molecule has 1 aromatic heterocycles. The molecule has 0 saturated carbocycles. The van der Waals surface area contributed by atoms with Crippen molar-refractivity contribution < 1.29 is 24.3 Å². The van der Waals surface area contributed by atoms with E-state index in [4.69, 9.17) is 20.6 Å². The zero-order valence-electron chi connectivity index (χ0n) is 8.07. The van der Waals surface area contributed by atoms with E-state index in [1.165, 1.54) is 6.20 Å². The van der Waals surface area contributed by atoms with Crippen molar-refractivity contribution in [2.45, 2.75) is 0 Å². The molecule has 11 heteroatoms. The summed E-state index contributed by atoms with van der Waals surface area (Å²) in [6.45, 7) is -0.439. The molecule has 0 saturated heterocycles. The Hall–Kier alpha value is -1.48. The first-order valence-corrected chi connectivity index (χ1v) is 5.69. The first kappa shape index (κ1) is 14.5. The topological polar surface area (TPSA) is 174 Å². The van der Waals surface area contributed by atoms with Crippen LogP contribution in [0.3, 0.4) is 0 Å². The van der Waals surface area contributed by atoms with Gasteiger partial charge in [-0.15, -0.1) is 5.10 Å². The molecule has 0 bridgehead atoms. The van der Waals surface area contributed by atoms with Crippen molar-refractivity contribution in [1.82, 2.24) is 20.7 Å². The number of nitrogens with zero attached hydrogens (tertiary/aromatic N) is 2. The van der Waals surface area contributed by atoms with Gasteiger partial charge >= 0.3 is 13.6 Å². The lowest BCUT2D eigenvalue weighted by Gasteiger charge is -2.02. The predicted octanol–water partition coefficient (Wildman–Crippen LogP) is -1.82. The molecule has 0 aromatic carbocycles. The van der Waals surface area contributed by atoms with Crippen LogP contribution in [-0.2, 0) is 9.36 Å². The maximum atomic E-state index is 10.1. The molecule has 0 radical (unpaired) electrons. The van der Waals surface area contributed by atoms with E-state index in [0.29, 0.717) is 5.82 Å². The van der Waals surface area contributed by atoms with Gasteiger partial charge < -0.3 is 20.6 Å². The third-order valence-corrected chi connectivity index (χ3v) is 1.66. The van der Waals surface area contributed by atoms with Gasteiger partial charge in [0.1, 0.15) is 0 Å². The van der Waals surface area contributed by atoms with Crippen molar-refractivity contribution in [3.8, 4) is 0 Å². The molecule has 1 rings (SSSR count). The molecule has 0 spiro atoms. The molecule has 0 aliphatic carbocycles. The van der Waals surface area contributed by atoms with Crippen LogP contribution in [0.1, 0.15) is 0 Å². The first-order chi connectivity index (χ1) is 7.31. The number of aromatic amines is 1. The van der Waals surface area contributed by atoms with E-state index in [9.17, 15) is 9.36 Å². The highest BCUT2D eigenvalue weighted by molar-refractivity contribution is 7.51. The minimum atomic E-state index is -4.10. The van der Waals surface area contributed by atoms with Gasteiger partial charge in [0.15, 0.2) is 5.82 Å². The normalized spacial score (nSPS) is 10.4. The van der Waals surface area contributed by atoms with E-state index in [-0.39, 0.29) is 0 Å². The second-order valence-corrected chi connectivity index (χ2v) is 4.18. The van der Waals surface area contributed by atoms with Gasteiger partial charge in [0.25, 0.3) is 0 Å². The highest BCUT2D eigenvalue weighted by Gasteiger charge is 2.11. The Morgan fingerprint density at radius 1 is 1.62 bits per heavy atom. The Morgan fingerprint density at radius 2 is 2.25 bits per heavy atom. The number of nitrogens with two attached hydrogens (primary N) is 1. The summed E-state index contributed by atoms with van der Waals surface area (Å²) < 4.78 is 10.1. The SMILES string of the molecule is Nc1cn[nH]n1.O=C(O)CNCP(=O)(O)O. The van der Waals surface area contributed by atoms with Crippen LogP contribution in [0.5, 0.6) is 0 Å². The van der Waals surface area contributed by atoms with E-state index in [1.54, 1.807) is 0 Å². The quantitative estimate of drug-likeness (QED) is 0.337. The zero-order valence-corrected chi connectivity index (χ0v) is 8.96. The highest BCUT2D eigenvalue weighted by atomic mass is 31.2. The summed E-state index contributed by atoms with van der Waals surface area (Å²) >= 11 is 0. The van der Waals surface area contributed by atoms with Crippen LogP contribution < -0.4 is 11.1 Å². The Kier molecular flexibility index (Phi) is 6.27. The number of hydrogen-bond acceptors (Lipinski definition) is 6. The second kappa shape index (κ2) is 6.90. The lowest BCUT2D eigenvalue weighted by Crippen LogP contribution is -2.23. The third kappa shape index (κ3) is 10.6. The smallest absolute Gasteiger partial charge is 0.339 e. The number of hydrogen-bond donors (Lipinski definition) is 6. The predicted molar refractivity (Wildman–Crippen MR) is 53.3 cm³/mol. The van der Waals surface area contributed by atoms with Crippen LogP contribution in [-0.4, -0.2) is 49.1 Å². The molecule has 7 N–H and O–H groups in total. The second-order valence-electron chi connectivity index (χ2n) is 2.54. The van der Waals surface area contributed by atoms with Crippen LogP contribution >= 0.6 is 7.60 Å². The Bertz CT molecular complexity index is 348. The maximum absolute atomic E-state index is 10.1. The molecular formula is C5H12N5O5P. The van der Waals surface area contributed by atoms with Gasteiger partial charge in [0, 0.05) is 0 Å². The summed E-state index contributed by atoms with van der Waals surface area (Å²) in [4.78, 5) is 26.1. The molecule has 1 heterocycles. The van der Waals surface area contributed by atoms with Crippen LogP contribution in [0.25, 0.3) is 0 Å². The number of H-pyrrole nitrogens is 1. The molecule has 10 nitrogen and oxygen atoms in total. The summed E-state index contributed by atoms with van der Waals surface area (Å²) in [6.07, 6.45) is 0.847. The van der Waals surface area contributed by atoms with Gasteiger partial charge in [0.2, 0.25) is 0 Å². The van der Waals surface area contributed by atoms with Gasteiger partial charge in [-0.2, -0.15) is 10.3 Å². The van der Waals surface area contributed by atoms with Crippen molar-refractivity contribution in [1.29, 1.82) is 0 Å². The van der Waals surface area contributed by atoms with Crippen LogP contribution in [0.4, 0.5) is 5.82 Å². The van der Waals surface area contributed by atoms with Crippen molar-refractivity contribution in [3.63, 3.8) is 0 Å². The van der Waals surface area contributed by atoms with Gasteiger partial charge in [-0.05, 0) is 0 Å². The van der Waals surface area contributed by atoms with E-state index in [2.05, 4.69) is 20.7 Å². The maximum Gasteiger partial charge on any atom is 0.339 e. The molecule has 0 atom stereocenters. The molecule has 0 amide bonds. The number of rotatable bonds is 4. The molecular weight excluding hydrogens is 241 g/mol. The van der Waals surface area contributed by atoms with Crippen molar-refractivity contribution >= 4 is 19.4 Å². The zero-order chi connectivity index (χ0) is 12.6. The van der Waals surface area contributed by atoms with E-state index < -0.39 is 26.4 Å². The standard InChI is InChI=1S/C3H8NO5P.C2H4N4/c5-3(6)1-4-2-10(7,8)9;3-2-1-4-6-5-2/h4H,1-2H2,(H,5,6)(H2,7,8,9);1H,(H3,3,4,5,6). The Labute approximate surface area is 90.0 Å². The lowest BCUT2D eigenvalue weighted by atomic mass is 10.7. The monoisotopic (exact) mass is 253 g/mol. The highest BCUT2D eigenvalue weighted by Crippen LogP contribution is 2.31. The molecule has 1 aromatic rings. The molecule has 16 heavy (non-hydrogen) atoms. The van der Waals surface area contributed by atoms with Gasteiger partial charge in [-0.3, -0.25) is 14.7 Å². The summed E-state index contributed by atoms with van der Waals surface area (Å²) in [7, 11) is -4.10. The molecule has 0 unspecified atom stereocenters. The van der Waals surface area contributed by atoms with Crippen LogP contribution in [0.15, 0.2) is 6.20 Å². The number of carboxylic acid groups (broad SMARTS) is 1. The van der Waals surface area contributed by atoms with Gasteiger partial charge in [-0.25, -0.2) is 0 Å². The van der Waals surface area contributed by atoms with Crippen LogP contribution in [0, 0.1) is 0 Å². The fourth-order valence-corrected chi connectivity index (χ4v) is 0.922. The number of anilines is 1. The summed E-state index contributed by atoms with van der Waals surface area (Å²) in [5.41, 5.74) is 5.07. The summed E-state index contributed by atoms with van der Waals surface area (Å²) in [5.74, 6) is -0.719. The molecule has 92 valence electrons. The van der Waals surface area contributed by atoms with E-state index in [0.717, 1.165) is 0 Å². The lowest BCUT2D eigenvalue weighted by molar-refractivity contribution is -0.135. The average Bonchev–Trinajstić information content (AvgIpc) is 2.53. The molecule has 0 aliphatic rings. The van der Waals surface area contributed by atoms with E-state index in [1.807, 2.05) is 0 Å². The number of carboxylic acids is 1. The largest absolute Gasteiger partial charge is 0.480 e. The fourth-order valence-electron chi connectivity index (χ4n) is 0.519. The average molecular weight is 253 g/mol. The number of aromatic nitrogens is 3. The summed E-state index contributed by atoms with van der Waals surface area (Å²) in [6, 6.07) is 0. The summed E-state index contributed by atoms with van der Waals surface area (Å²) in [5, 5.41) is 19.3. The minimum absolute atomic E-state index is 0.426. The third-order valence-electron chi connectivity index (χ3n) is 1.03. The van der Waals surface area contributed by atoms with Crippen molar-refractivity contribution in [3.05, 3.63) is 6.20 Å². The Balaban J connectivity index is 0.000000315. The van der Waals surface area contributed by atoms with E-state index >= 15 is 0 Å². The first-order valence-electron chi connectivity index (χ1n) is 3.89. The number of nitrogens with one attached hydrogen (secondary N) is 2.